The van der Waals surface area contributed by atoms with E-state index in [1.54, 1.807) is 0 Å². The van der Waals surface area contributed by atoms with Crippen molar-refractivity contribution in [1.82, 2.24) is 10.2 Å². The van der Waals surface area contributed by atoms with Crippen LogP contribution in [0.4, 0.5) is 13.9 Å². The Balaban J connectivity index is 2.09. The molecule has 2 rings (SSSR count). The van der Waals surface area contributed by atoms with Crippen molar-refractivity contribution in [3.63, 3.8) is 0 Å². The number of hydrogen-bond donors (Lipinski definition) is 1. The maximum absolute atomic E-state index is 12.2. The molecule has 0 spiro atoms. The first-order valence-corrected chi connectivity index (χ1v) is 7.34. The van der Waals surface area contributed by atoms with Gasteiger partial charge in [-0.15, -0.1) is 21.5 Å². The summed E-state index contributed by atoms with van der Waals surface area (Å²) in [5, 5.41) is 12.9. The second kappa shape index (κ2) is 6.23. The fourth-order valence-corrected chi connectivity index (χ4v) is 2.78. The third kappa shape index (κ3) is 3.48. The van der Waals surface area contributed by atoms with E-state index >= 15 is 0 Å². The summed E-state index contributed by atoms with van der Waals surface area (Å²) in [4.78, 5) is 12.0. The van der Waals surface area contributed by atoms with Crippen LogP contribution in [0.15, 0.2) is 11.4 Å². The van der Waals surface area contributed by atoms with E-state index in [4.69, 9.17) is 0 Å². The molecule has 0 bridgehead atoms. The average Bonchev–Trinajstić information content (AvgIpc) is 2.97. The minimum absolute atomic E-state index is 0.0756. The largest absolute Gasteiger partial charge is 0.433 e. The molecular weight excluding hydrogens is 308 g/mol. The number of thiophene rings is 1. The van der Waals surface area contributed by atoms with Crippen molar-refractivity contribution in [3.8, 4) is 5.75 Å². The van der Waals surface area contributed by atoms with E-state index in [-0.39, 0.29) is 16.5 Å². The van der Waals surface area contributed by atoms with Gasteiger partial charge >= 0.3 is 6.61 Å². The number of nitrogens with zero attached hydrogens (tertiary/aromatic N) is 2. The number of nitrogens with one attached hydrogen (secondary N) is 1. The number of aromatic nitrogens is 2. The Kier molecular flexibility index (Phi) is 4.61. The van der Waals surface area contributed by atoms with Gasteiger partial charge in [-0.1, -0.05) is 25.2 Å². The summed E-state index contributed by atoms with van der Waals surface area (Å²) in [6.07, 6.45) is 0. The van der Waals surface area contributed by atoms with E-state index in [1.807, 2.05) is 13.8 Å². The number of carbonyl (C=O) groups is 1. The molecule has 5 nitrogen and oxygen atoms in total. The lowest BCUT2D eigenvalue weighted by molar-refractivity contribution is -0.0498. The Morgan fingerprint density at radius 2 is 2.15 bits per heavy atom. The topological polar surface area (TPSA) is 64.1 Å². The van der Waals surface area contributed by atoms with E-state index in [0.29, 0.717) is 5.13 Å². The Labute approximate surface area is 121 Å². The Morgan fingerprint density at radius 3 is 2.75 bits per heavy atom. The van der Waals surface area contributed by atoms with Crippen LogP contribution in [0.25, 0.3) is 0 Å². The molecule has 0 fully saturated rings. The van der Waals surface area contributed by atoms with Gasteiger partial charge in [0.25, 0.3) is 5.91 Å². The highest BCUT2D eigenvalue weighted by Crippen LogP contribution is 2.28. The van der Waals surface area contributed by atoms with Crippen molar-refractivity contribution >= 4 is 33.7 Å². The predicted octanol–water partition coefficient (Wildman–Crippen LogP) is 3.58. The van der Waals surface area contributed by atoms with Crippen LogP contribution in [0, 0.1) is 0 Å². The van der Waals surface area contributed by atoms with E-state index in [2.05, 4.69) is 20.3 Å². The first-order valence-electron chi connectivity index (χ1n) is 5.64. The summed E-state index contributed by atoms with van der Waals surface area (Å²) in [7, 11) is 0. The number of halogens is 2. The molecule has 1 N–H and O–H groups in total. The van der Waals surface area contributed by atoms with Crippen LogP contribution in [0.3, 0.4) is 0 Å². The molecule has 0 aliphatic rings. The Morgan fingerprint density at radius 1 is 1.40 bits per heavy atom. The van der Waals surface area contributed by atoms with Gasteiger partial charge in [-0.05, 0) is 11.4 Å². The van der Waals surface area contributed by atoms with Crippen LogP contribution in [-0.4, -0.2) is 22.7 Å². The zero-order valence-corrected chi connectivity index (χ0v) is 12.2. The highest BCUT2D eigenvalue weighted by atomic mass is 32.1. The molecule has 20 heavy (non-hydrogen) atoms. The molecule has 0 radical (unpaired) electrons. The summed E-state index contributed by atoms with van der Waals surface area (Å²) in [5.74, 6) is -0.476. The average molecular weight is 319 g/mol. The Bertz CT molecular complexity index is 598. The molecule has 0 saturated carbocycles. The smallest absolute Gasteiger partial charge is 0.387 e. The van der Waals surface area contributed by atoms with Crippen molar-refractivity contribution in [2.24, 2.45) is 0 Å². The van der Waals surface area contributed by atoms with Gasteiger partial charge in [0.05, 0.1) is 0 Å². The van der Waals surface area contributed by atoms with Crippen LogP contribution in [0.5, 0.6) is 5.75 Å². The lowest BCUT2D eigenvalue weighted by Crippen LogP contribution is -2.12. The second-order valence-electron chi connectivity index (χ2n) is 4.05. The SMILES string of the molecule is CC(C)c1nnc(NC(=O)c2sccc2OC(F)F)s1. The second-order valence-corrected chi connectivity index (χ2v) is 5.97. The number of anilines is 1. The number of rotatable bonds is 5. The van der Waals surface area contributed by atoms with Gasteiger partial charge in [-0.25, -0.2) is 0 Å². The summed E-state index contributed by atoms with van der Waals surface area (Å²) in [6, 6.07) is 1.32. The zero-order valence-electron chi connectivity index (χ0n) is 10.6. The lowest BCUT2D eigenvalue weighted by Gasteiger charge is -2.04. The number of hydrogen-bond acceptors (Lipinski definition) is 6. The lowest BCUT2D eigenvalue weighted by atomic mass is 10.2. The molecule has 1 amide bonds. The maximum atomic E-state index is 12.2. The Hall–Kier alpha value is -1.61. The van der Waals surface area contributed by atoms with Gasteiger partial charge in [0, 0.05) is 5.92 Å². The fraction of sp³-hybridized carbons (Fsp3) is 0.364. The minimum Gasteiger partial charge on any atom is -0.433 e. The minimum atomic E-state index is -2.97. The normalized spacial score (nSPS) is 11.1. The first-order chi connectivity index (χ1) is 9.47. The van der Waals surface area contributed by atoms with Crippen LogP contribution >= 0.6 is 22.7 Å². The van der Waals surface area contributed by atoms with Crippen molar-refractivity contribution in [2.75, 3.05) is 5.32 Å². The molecule has 0 aliphatic heterocycles. The number of carbonyl (C=O) groups excluding carboxylic acids is 1. The molecule has 0 aliphatic carbocycles. The van der Waals surface area contributed by atoms with Gasteiger partial charge in [0.1, 0.15) is 15.6 Å². The molecule has 0 atom stereocenters. The van der Waals surface area contributed by atoms with Crippen molar-refractivity contribution in [3.05, 3.63) is 21.3 Å². The third-order valence-corrected chi connectivity index (χ3v) is 4.24. The fourth-order valence-electron chi connectivity index (χ4n) is 1.32. The van der Waals surface area contributed by atoms with Crippen molar-refractivity contribution in [1.29, 1.82) is 0 Å². The quantitative estimate of drug-likeness (QED) is 0.915. The summed E-state index contributed by atoms with van der Waals surface area (Å²) in [6.45, 7) is 0.949. The molecule has 108 valence electrons. The van der Waals surface area contributed by atoms with E-state index in [9.17, 15) is 13.6 Å². The van der Waals surface area contributed by atoms with Crippen molar-refractivity contribution in [2.45, 2.75) is 26.4 Å². The number of amides is 1. The van der Waals surface area contributed by atoms with Gasteiger partial charge in [-0.2, -0.15) is 8.78 Å². The predicted molar refractivity (Wildman–Crippen MR) is 72.9 cm³/mol. The third-order valence-electron chi connectivity index (χ3n) is 2.21. The van der Waals surface area contributed by atoms with E-state index < -0.39 is 12.5 Å². The molecule has 2 heterocycles. The number of alkyl halides is 2. The molecule has 0 aromatic carbocycles. The van der Waals surface area contributed by atoms with E-state index in [0.717, 1.165) is 16.3 Å². The zero-order chi connectivity index (χ0) is 14.7. The monoisotopic (exact) mass is 319 g/mol. The summed E-state index contributed by atoms with van der Waals surface area (Å²) < 4.78 is 28.7. The van der Waals surface area contributed by atoms with Crippen molar-refractivity contribution < 1.29 is 18.3 Å². The van der Waals surface area contributed by atoms with Gasteiger partial charge < -0.3 is 4.74 Å². The van der Waals surface area contributed by atoms with Crippen LogP contribution < -0.4 is 10.1 Å². The summed E-state index contributed by atoms with van der Waals surface area (Å²) in [5.41, 5.74) is 0. The standard InChI is InChI=1S/C11H11F2N3O2S2/c1-5(2)9-15-16-11(20-9)14-8(17)7-6(3-4-19-7)18-10(12)13/h3-5,10H,1-2H3,(H,14,16,17). The van der Waals surface area contributed by atoms with Crippen LogP contribution in [0.2, 0.25) is 0 Å². The van der Waals surface area contributed by atoms with Crippen LogP contribution in [0.1, 0.15) is 34.4 Å². The van der Waals surface area contributed by atoms with Gasteiger partial charge in [-0.3, -0.25) is 10.1 Å². The molecule has 0 saturated heterocycles. The highest BCUT2D eigenvalue weighted by molar-refractivity contribution is 7.16. The van der Waals surface area contributed by atoms with Gasteiger partial charge in [0.15, 0.2) is 0 Å². The maximum Gasteiger partial charge on any atom is 0.387 e. The number of ether oxygens (including phenoxy) is 1. The molecule has 2 aromatic rings. The molecule has 0 unspecified atom stereocenters. The van der Waals surface area contributed by atoms with E-state index in [1.165, 1.54) is 22.8 Å². The highest BCUT2D eigenvalue weighted by Gasteiger charge is 2.19. The molecule has 9 heteroatoms. The van der Waals surface area contributed by atoms with Crippen LogP contribution in [-0.2, 0) is 0 Å². The first kappa shape index (κ1) is 14.8. The van der Waals surface area contributed by atoms with Gasteiger partial charge in [0.2, 0.25) is 5.13 Å². The molecular formula is C11H11F2N3O2S2. The molecule has 2 aromatic heterocycles. The summed E-state index contributed by atoms with van der Waals surface area (Å²) >= 11 is 2.27.